The van der Waals surface area contributed by atoms with Crippen molar-refractivity contribution >= 4 is 28.1 Å². The second-order valence-electron chi connectivity index (χ2n) is 8.13. The molecule has 4 aromatic heterocycles. The highest BCUT2D eigenvalue weighted by Gasteiger charge is 2.38. The smallest absolute Gasteiger partial charge is 0.256 e. The molecule has 0 spiro atoms. The predicted molar refractivity (Wildman–Crippen MR) is 108 cm³/mol. The highest BCUT2D eigenvalue weighted by molar-refractivity contribution is 5.95. The van der Waals surface area contributed by atoms with Crippen LogP contribution in [0.2, 0.25) is 0 Å². The van der Waals surface area contributed by atoms with Gasteiger partial charge in [-0.25, -0.2) is 23.7 Å². The topological polar surface area (TPSA) is 105 Å². The molecule has 0 unspecified atom stereocenters. The van der Waals surface area contributed by atoms with Crippen molar-refractivity contribution in [2.45, 2.75) is 51.3 Å². The van der Waals surface area contributed by atoms with Crippen LogP contribution in [-0.4, -0.2) is 52.7 Å². The van der Waals surface area contributed by atoms with Crippen LogP contribution in [0, 0.1) is 6.92 Å². The predicted octanol–water partition coefficient (Wildman–Crippen LogP) is 3.27. The molecular weight excluding hydrogens is 392 g/mol. The Kier molecular flexibility index (Phi) is 4.21. The van der Waals surface area contributed by atoms with Gasteiger partial charge in [-0.05, 0) is 32.8 Å². The third kappa shape index (κ3) is 3.26. The monoisotopic (exact) mass is 413 g/mol. The minimum atomic E-state index is -2.48. The van der Waals surface area contributed by atoms with E-state index in [1.54, 1.807) is 25.5 Å². The molecule has 1 fully saturated rings. The maximum atomic E-state index is 13.0. The summed E-state index contributed by atoms with van der Waals surface area (Å²) in [6.07, 6.45) is 4.03. The van der Waals surface area contributed by atoms with Gasteiger partial charge < -0.3 is 20.0 Å². The van der Waals surface area contributed by atoms with Crippen LogP contribution in [0.15, 0.2) is 24.7 Å². The highest BCUT2D eigenvalue weighted by atomic mass is 19.3. The van der Waals surface area contributed by atoms with Crippen molar-refractivity contribution < 1.29 is 13.9 Å². The molecule has 4 heterocycles. The molecule has 5 rings (SSSR count). The molecule has 156 valence electrons. The lowest BCUT2D eigenvalue weighted by Gasteiger charge is -2.41. The molecule has 0 radical (unpaired) electrons. The van der Waals surface area contributed by atoms with Crippen LogP contribution in [0.4, 0.5) is 14.7 Å². The van der Waals surface area contributed by atoms with Crippen LogP contribution < -0.4 is 5.32 Å². The van der Waals surface area contributed by atoms with E-state index in [1.807, 2.05) is 13.0 Å². The first-order valence-corrected chi connectivity index (χ1v) is 9.73. The molecule has 1 aliphatic carbocycles. The number of pyridine rings is 1. The van der Waals surface area contributed by atoms with Gasteiger partial charge in [-0.15, -0.1) is 0 Å². The number of H-pyrrole nitrogens is 1. The average molecular weight is 413 g/mol. The summed E-state index contributed by atoms with van der Waals surface area (Å²) in [5, 5.41) is 13.9. The van der Waals surface area contributed by atoms with E-state index in [0.29, 0.717) is 41.4 Å². The van der Waals surface area contributed by atoms with Crippen LogP contribution in [-0.2, 0) is 6.54 Å². The molecule has 0 aromatic carbocycles. The SMILES string of the molecule is Cc1nc2ncc(-c3c[nH]c4nc(N[C@H]5C[C@](C)(O)C5)ncc34)cc2n1CC(F)F. The standard InChI is InChI=1S/C20H21F2N7O/c1-10-26-18-15(29(10)9-16(21)22)3-11(6-23-18)13-7-24-17-14(13)8-25-19(28-17)27-12-4-20(2,30)5-12/h3,6-8,12,16,30H,4-5,9H2,1-2H3,(H2,24,25,27,28)/t12-,20-. The van der Waals surface area contributed by atoms with Gasteiger partial charge in [-0.3, -0.25) is 0 Å². The van der Waals surface area contributed by atoms with E-state index < -0.39 is 18.6 Å². The van der Waals surface area contributed by atoms with E-state index in [9.17, 15) is 13.9 Å². The Morgan fingerprint density at radius 1 is 1.30 bits per heavy atom. The molecular formula is C20H21F2N7O. The second kappa shape index (κ2) is 6.69. The van der Waals surface area contributed by atoms with Crippen molar-refractivity contribution in [1.29, 1.82) is 0 Å². The summed E-state index contributed by atoms with van der Waals surface area (Å²) in [5.41, 5.74) is 2.64. The van der Waals surface area contributed by atoms with Crippen LogP contribution >= 0.6 is 0 Å². The van der Waals surface area contributed by atoms with Crippen LogP contribution in [0.5, 0.6) is 0 Å². The Morgan fingerprint density at radius 3 is 2.83 bits per heavy atom. The van der Waals surface area contributed by atoms with Crippen molar-refractivity contribution in [2.75, 3.05) is 5.32 Å². The van der Waals surface area contributed by atoms with Gasteiger partial charge in [-0.2, -0.15) is 4.98 Å². The minimum absolute atomic E-state index is 0.150. The summed E-state index contributed by atoms with van der Waals surface area (Å²) in [6.45, 7) is 3.08. The number of aryl methyl sites for hydroxylation is 1. The molecule has 10 heteroatoms. The molecule has 1 saturated carbocycles. The van der Waals surface area contributed by atoms with E-state index in [-0.39, 0.29) is 6.04 Å². The van der Waals surface area contributed by atoms with Crippen molar-refractivity contribution in [2.24, 2.45) is 0 Å². The van der Waals surface area contributed by atoms with E-state index in [4.69, 9.17) is 0 Å². The summed E-state index contributed by atoms with van der Waals surface area (Å²) in [5.74, 6) is 0.999. The second-order valence-corrected chi connectivity index (χ2v) is 8.13. The van der Waals surface area contributed by atoms with Gasteiger partial charge in [0, 0.05) is 41.1 Å². The zero-order chi connectivity index (χ0) is 21.0. The maximum Gasteiger partial charge on any atom is 0.256 e. The normalized spacial score (nSPS) is 21.5. The molecule has 0 bridgehead atoms. The molecule has 3 N–H and O–H groups in total. The number of aliphatic hydroxyl groups is 1. The number of rotatable bonds is 5. The van der Waals surface area contributed by atoms with Crippen molar-refractivity contribution in [3.05, 3.63) is 30.5 Å². The zero-order valence-corrected chi connectivity index (χ0v) is 16.5. The first-order chi connectivity index (χ1) is 14.3. The molecule has 1 aliphatic rings. The lowest BCUT2D eigenvalue weighted by molar-refractivity contribution is -0.0235. The number of nitrogens with one attached hydrogen (secondary N) is 2. The summed E-state index contributed by atoms with van der Waals surface area (Å²) < 4.78 is 27.4. The highest BCUT2D eigenvalue weighted by Crippen LogP contribution is 2.34. The number of aromatic nitrogens is 6. The third-order valence-corrected chi connectivity index (χ3v) is 5.57. The Bertz CT molecular complexity index is 1240. The zero-order valence-electron chi connectivity index (χ0n) is 16.5. The van der Waals surface area contributed by atoms with Crippen LogP contribution in [0.1, 0.15) is 25.6 Å². The fourth-order valence-electron chi connectivity index (χ4n) is 4.14. The minimum Gasteiger partial charge on any atom is -0.390 e. The summed E-state index contributed by atoms with van der Waals surface area (Å²) in [6, 6.07) is 1.97. The van der Waals surface area contributed by atoms with Crippen LogP contribution in [0.3, 0.4) is 0 Å². The first kappa shape index (κ1) is 18.9. The van der Waals surface area contributed by atoms with Crippen molar-refractivity contribution in [1.82, 2.24) is 29.5 Å². The van der Waals surface area contributed by atoms with Crippen molar-refractivity contribution in [3.8, 4) is 11.1 Å². The van der Waals surface area contributed by atoms with Gasteiger partial charge in [0.05, 0.1) is 17.7 Å². The van der Waals surface area contributed by atoms with Gasteiger partial charge in [0.25, 0.3) is 6.43 Å². The largest absolute Gasteiger partial charge is 0.390 e. The Balaban J connectivity index is 1.48. The molecule has 0 saturated heterocycles. The number of anilines is 1. The van der Waals surface area contributed by atoms with Crippen molar-refractivity contribution in [3.63, 3.8) is 0 Å². The summed E-state index contributed by atoms with van der Waals surface area (Å²) in [4.78, 5) is 20.7. The lowest BCUT2D eigenvalue weighted by atomic mass is 9.77. The molecule has 0 amide bonds. The lowest BCUT2D eigenvalue weighted by Crippen LogP contribution is -2.48. The van der Waals surface area contributed by atoms with Gasteiger partial charge >= 0.3 is 0 Å². The summed E-state index contributed by atoms with van der Waals surface area (Å²) >= 11 is 0. The number of aromatic amines is 1. The Hall–Kier alpha value is -3.14. The number of hydrogen-bond acceptors (Lipinski definition) is 6. The number of fused-ring (bicyclic) bond motifs is 2. The van der Waals surface area contributed by atoms with Gasteiger partial charge in [0.1, 0.15) is 11.5 Å². The number of hydrogen-bond donors (Lipinski definition) is 3. The number of alkyl halides is 2. The molecule has 0 atom stereocenters. The van der Waals surface area contributed by atoms with Gasteiger partial charge in [0.2, 0.25) is 5.95 Å². The van der Waals surface area contributed by atoms with E-state index in [1.165, 1.54) is 4.57 Å². The summed E-state index contributed by atoms with van der Waals surface area (Å²) in [7, 11) is 0. The third-order valence-electron chi connectivity index (χ3n) is 5.57. The number of halogens is 2. The van der Waals surface area contributed by atoms with E-state index in [2.05, 4.69) is 30.2 Å². The number of imidazole rings is 1. The molecule has 30 heavy (non-hydrogen) atoms. The number of nitrogens with zero attached hydrogens (tertiary/aromatic N) is 5. The van der Waals surface area contributed by atoms with Crippen LogP contribution in [0.25, 0.3) is 33.3 Å². The van der Waals surface area contributed by atoms with Gasteiger partial charge in [-0.1, -0.05) is 0 Å². The Morgan fingerprint density at radius 2 is 2.10 bits per heavy atom. The van der Waals surface area contributed by atoms with E-state index >= 15 is 0 Å². The quantitative estimate of drug-likeness (QED) is 0.464. The maximum absolute atomic E-state index is 13.0. The fraction of sp³-hybridized carbons (Fsp3) is 0.400. The average Bonchev–Trinajstić information content (AvgIpc) is 3.20. The van der Waals surface area contributed by atoms with E-state index in [0.717, 1.165) is 16.5 Å². The molecule has 0 aliphatic heterocycles. The molecule has 8 nitrogen and oxygen atoms in total. The first-order valence-electron chi connectivity index (χ1n) is 9.73. The van der Waals surface area contributed by atoms with Gasteiger partial charge in [0.15, 0.2) is 5.65 Å². The molecule has 4 aromatic rings. The Labute approximate surface area is 170 Å². The fourth-order valence-corrected chi connectivity index (χ4v) is 4.14.